The number of pyridine rings is 1. The minimum Gasteiger partial charge on any atom is -0.393 e. The van der Waals surface area contributed by atoms with Gasteiger partial charge in [0.1, 0.15) is 11.4 Å². The van der Waals surface area contributed by atoms with Crippen molar-refractivity contribution >= 4 is 0 Å². The highest BCUT2D eigenvalue weighted by atomic mass is 19.1. The lowest BCUT2D eigenvalue weighted by Gasteiger charge is -2.41. The number of aromatic nitrogens is 1. The van der Waals surface area contributed by atoms with E-state index < -0.39 is 5.60 Å². The molecule has 0 aliphatic carbocycles. The normalized spacial score (nSPS) is 22.2. The van der Waals surface area contributed by atoms with E-state index in [0.717, 1.165) is 5.56 Å². The molecule has 1 aliphatic heterocycles. The predicted octanol–water partition coefficient (Wildman–Crippen LogP) is 2.03. The van der Waals surface area contributed by atoms with E-state index >= 15 is 0 Å². The summed E-state index contributed by atoms with van der Waals surface area (Å²) in [6, 6.07) is 13.0. The average molecular weight is 316 g/mol. The van der Waals surface area contributed by atoms with Gasteiger partial charge in [-0.05, 0) is 17.7 Å². The maximum Gasteiger partial charge on any atom is 0.146 e. The van der Waals surface area contributed by atoms with Crippen LogP contribution in [0.4, 0.5) is 4.39 Å². The molecule has 5 heteroatoms. The number of aliphatic hydroxyl groups is 1. The summed E-state index contributed by atoms with van der Waals surface area (Å²) in [5, 5.41) is 9.90. The van der Waals surface area contributed by atoms with Crippen LogP contribution in [0.5, 0.6) is 0 Å². The van der Waals surface area contributed by atoms with Crippen molar-refractivity contribution in [3.05, 3.63) is 65.7 Å². The molecule has 1 unspecified atom stereocenters. The first-order valence-corrected chi connectivity index (χ1v) is 7.81. The van der Waals surface area contributed by atoms with Crippen LogP contribution in [0.2, 0.25) is 0 Å². The van der Waals surface area contributed by atoms with E-state index in [4.69, 9.17) is 4.74 Å². The zero-order valence-corrected chi connectivity index (χ0v) is 13.0. The molecule has 0 spiro atoms. The van der Waals surface area contributed by atoms with Crippen LogP contribution in [0.15, 0.2) is 48.7 Å². The third-order valence-electron chi connectivity index (χ3n) is 4.19. The predicted molar refractivity (Wildman–Crippen MR) is 85.4 cm³/mol. The molecule has 1 aliphatic rings. The third kappa shape index (κ3) is 3.93. The SMILES string of the molecule is OCC1(Cc2ccccc2)CN(Cc2ncccc2F)CCO1. The van der Waals surface area contributed by atoms with Crippen LogP contribution in [0.3, 0.4) is 0 Å². The molecule has 0 radical (unpaired) electrons. The molecule has 23 heavy (non-hydrogen) atoms. The van der Waals surface area contributed by atoms with Gasteiger partial charge in [-0.2, -0.15) is 0 Å². The Labute approximate surface area is 135 Å². The summed E-state index contributed by atoms with van der Waals surface area (Å²) in [6.07, 6.45) is 2.23. The van der Waals surface area contributed by atoms with Gasteiger partial charge in [-0.15, -0.1) is 0 Å². The molecule has 1 aromatic carbocycles. The van der Waals surface area contributed by atoms with Crippen LogP contribution in [-0.2, 0) is 17.7 Å². The van der Waals surface area contributed by atoms with Gasteiger partial charge in [-0.1, -0.05) is 30.3 Å². The second kappa shape index (κ2) is 7.17. The van der Waals surface area contributed by atoms with Gasteiger partial charge in [-0.3, -0.25) is 9.88 Å². The quantitative estimate of drug-likeness (QED) is 0.917. The van der Waals surface area contributed by atoms with E-state index in [-0.39, 0.29) is 12.4 Å². The van der Waals surface area contributed by atoms with Gasteiger partial charge < -0.3 is 9.84 Å². The molecule has 1 aromatic heterocycles. The van der Waals surface area contributed by atoms with Gasteiger partial charge >= 0.3 is 0 Å². The van der Waals surface area contributed by atoms with E-state index in [1.54, 1.807) is 12.3 Å². The highest BCUT2D eigenvalue weighted by Gasteiger charge is 2.36. The number of nitrogens with zero attached hydrogens (tertiary/aromatic N) is 2. The van der Waals surface area contributed by atoms with E-state index in [0.29, 0.717) is 38.4 Å². The van der Waals surface area contributed by atoms with Gasteiger partial charge in [0.25, 0.3) is 0 Å². The van der Waals surface area contributed by atoms with Crippen molar-refractivity contribution in [1.29, 1.82) is 0 Å². The molecule has 1 atom stereocenters. The van der Waals surface area contributed by atoms with E-state index in [1.807, 2.05) is 30.3 Å². The summed E-state index contributed by atoms with van der Waals surface area (Å²) >= 11 is 0. The molecule has 0 saturated carbocycles. The Morgan fingerprint density at radius 1 is 1.22 bits per heavy atom. The Hall–Kier alpha value is -1.82. The molecule has 2 aromatic rings. The Balaban J connectivity index is 1.72. The Kier molecular flexibility index (Phi) is 5.00. The topological polar surface area (TPSA) is 45.6 Å². The Morgan fingerprint density at radius 2 is 2.04 bits per heavy atom. The second-order valence-corrected chi connectivity index (χ2v) is 5.99. The maximum atomic E-state index is 13.8. The smallest absolute Gasteiger partial charge is 0.146 e. The molecule has 0 bridgehead atoms. The van der Waals surface area contributed by atoms with Crippen molar-refractivity contribution in [2.75, 3.05) is 26.3 Å². The van der Waals surface area contributed by atoms with Crippen molar-refractivity contribution in [3.63, 3.8) is 0 Å². The summed E-state index contributed by atoms with van der Waals surface area (Å²) in [7, 11) is 0. The minimum atomic E-state index is -0.648. The number of aliphatic hydroxyl groups excluding tert-OH is 1. The summed E-state index contributed by atoms with van der Waals surface area (Å²) in [6.45, 7) is 2.12. The summed E-state index contributed by atoms with van der Waals surface area (Å²) in [5.74, 6) is -0.295. The fourth-order valence-electron chi connectivity index (χ4n) is 3.03. The lowest BCUT2D eigenvalue weighted by molar-refractivity contribution is -0.134. The van der Waals surface area contributed by atoms with Crippen LogP contribution in [0.25, 0.3) is 0 Å². The largest absolute Gasteiger partial charge is 0.393 e. The molecular formula is C18H21FN2O2. The van der Waals surface area contributed by atoms with Gasteiger partial charge in [0.15, 0.2) is 0 Å². The third-order valence-corrected chi connectivity index (χ3v) is 4.19. The molecule has 4 nitrogen and oxygen atoms in total. The number of hydrogen-bond acceptors (Lipinski definition) is 4. The first-order chi connectivity index (χ1) is 11.2. The zero-order valence-electron chi connectivity index (χ0n) is 13.0. The van der Waals surface area contributed by atoms with Crippen LogP contribution in [-0.4, -0.2) is 46.9 Å². The Bertz CT molecular complexity index is 638. The molecular weight excluding hydrogens is 295 g/mol. The van der Waals surface area contributed by atoms with Crippen molar-refractivity contribution < 1.29 is 14.2 Å². The van der Waals surface area contributed by atoms with Gasteiger partial charge in [0.05, 0.1) is 18.9 Å². The number of ether oxygens (including phenoxy) is 1. The molecule has 1 N–H and O–H groups in total. The number of benzene rings is 1. The number of morpholine rings is 1. The van der Waals surface area contributed by atoms with E-state index in [9.17, 15) is 9.50 Å². The summed E-state index contributed by atoms with van der Waals surface area (Å²) in [5.41, 5.74) is 0.901. The molecule has 2 heterocycles. The highest BCUT2D eigenvalue weighted by molar-refractivity contribution is 5.18. The van der Waals surface area contributed by atoms with Gasteiger partial charge in [0, 0.05) is 32.3 Å². The summed E-state index contributed by atoms with van der Waals surface area (Å²) < 4.78 is 19.7. The van der Waals surface area contributed by atoms with Gasteiger partial charge in [0.2, 0.25) is 0 Å². The molecule has 1 saturated heterocycles. The number of halogens is 1. The van der Waals surface area contributed by atoms with E-state index in [2.05, 4.69) is 9.88 Å². The van der Waals surface area contributed by atoms with Crippen molar-refractivity contribution in [3.8, 4) is 0 Å². The number of rotatable bonds is 5. The Morgan fingerprint density at radius 3 is 2.78 bits per heavy atom. The monoisotopic (exact) mass is 316 g/mol. The molecule has 0 amide bonds. The average Bonchev–Trinajstić information content (AvgIpc) is 2.58. The van der Waals surface area contributed by atoms with Crippen LogP contribution < -0.4 is 0 Å². The first kappa shape index (κ1) is 16.1. The van der Waals surface area contributed by atoms with Crippen LogP contribution in [0.1, 0.15) is 11.3 Å². The second-order valence-electron chi connectivity index (χ2n) is 5.99. The van der Waals surface area contributed by atoms with Crippen LogP contribution >= 0.6 is 0 Å². The lowest BCUT2D eigenvalue weighted by Crippen LogP contribution is -2.55. The maximum absolute atomic E-state index is 13.8. The lowest BCUT2D eigenvalue weighted by atomic mass is 9.93. The molecule has 122 valence electrons. The standard InChI is InChI=1S/C18H21FN2O2/c19-16-7-4-8-20-17(16)12-21-9-10-23-18(13-21,14-22)11-15-5-2-1-3-6-15/h1-8,22H,9-14H2. The van der Waals surface area contributed by atoms with Crippen molar-refractivity contribution in [1.82, 2.24) is 9.88 Å². The zero-order chi connectivity index (χ0) is 16.1. The minimum absolute atomic E-state index is 0.0664. The fraction of sp³-hybridized carbons (Fsp3) is 0.389. The van der Waals surface area contributed by atoms with E-state index in [1.165, 1.54) is 6.07 Å². The summed E-state index contributed by atoms with van der Waals surface area (Å²) in [4.78, 5) is 6.20. The van der Waals surface area contributed by atoms with Crippen LogP contribution in [0, 0.1) is 5.82 Å². The van der Waals surface area contributed by atoms with Crippen molar-refractivity contribution in [2.24, 2.45) is 0 Å². The van der Waals surface area contributed by atoms with Gasteiger partial charge in [-0.25, -0.2) is 4.39 Å². The molecule has 1 fully saturated rings. The number of hydrogen-bond donors (Lipinski definition) is 1. The molecule has 3 rings (SSSR count). The first-order valence-electron chi connectivity index (χ1n) is 7.81. The van der Waals surface area contributed by atoms with Crippen molar-refractivity contribution in [2.45, 2.75) is 18.6 Å². The fourth-order valence-corrected chi connectivity index (χ4v) is 3.03. The highest BCUT2D eigenvalue weighted by Crippen LogP contribution is 2.24.